The molecule has 0 aliphatic carbocycles. The van der Waals surface area contributed by atoms with Crippen molar-refractivity contribution >= 4 is 23.3 Å². The number of aromatic nitrogens is 2. The first-order valence-corrected chi connectivity index (χ1v) is 7.02. The van der Waals surface area contributed by atoms with Crippen molar-refractivity contribution in [3.63, 3.8) is 0 Å². The van der Waals surface area contributed by atoms with Crippen LogP contribution in [-0.2, 0) is 6.54 Å². The second-order valence-electron chi connectivity index (χ2n) is 4.76. The Balaban J connectivity index is 1.72. The van der Waals surface area contributed by atoms with E-state index in [9.17, 15) is 0 Å². The van der Waals surface area contributed by atoms with Crippen molar-refractivity contribution in [3.05, 3.63) is 58.9 Å². The standard InChI is InChI=1S/C16H16N2OS/c1-12-6-8-13(9-7-12)19-11-10-18-15-5-3-2-4-14(15)17-16(18)20/h2-9H,10-11H2,1H3,(H,17,20). The monoisotopic (exact) mass is 284 g/mol. The number of hydrogen-bond donors (Lipinski definition) is 1. The predicted molar refractivity (Wildman–Crippen MR) is 83.8 cm³/mol. The Hall–Kier alpha value is -2.07. The van der Waals surface area contributed by atoms with Crippen LogP contribution in [0.4, 0.5) is 0 Å². The average molecular weight is 284 g/mol. The van der Waals surface area contributed by atoms with E-state index in [-0.39, 0.29) is 0 Å². The zero-order valence-corrected chi connectivity index (χ0v) is 12.1. The maximum absolute atomic E-state index is 5.76. The van der Waals surface area contributed by atoms with Gasteiger partial charge in [-0.15, -0.1) is 0 Å². The molecule has 0 spiro atoms. The van der Waals surface area contributed by atoms with Gasteiger partial charge in [-0.2, -0.15) is 0 Å². The molecule has 20 heavy (non-hydrogen) atoms. The Labute approximate surface area is 122 Å². The number of aromatic amines is 1. The molecule has 0 atom stereocenters. The zero-order chi connectivity index (χ0) is 13.9. The van der Waals surface area contributed by atoms with Crippen LogP contribution >= 0.6 is 12.2 Å². The van der Waals surface area contributed by atoms with E-state index in [0.29, 0.717) is 6.61 Å². The van der Waals surface area contributed by atoms with E-state index in [1.165, 1.54) is 5.56 Å². The second kappa shape index (κ2) is 5.51. The molecule has 3 aromatic rings. The first-order valence-electron chi connectivity index (χ1n) is 6.61. The minimum atomic E-state index is 0.596. The molecular formula is C16H16N2OS. The molecule has 3 nitrogen and oxygen atoms in total. The number of benzene rings is 2. The number of nitrogens with one attached hydrogen (secondary N) is 1. The lowest BCUT2D eigenvalue weighted by Crippen LogP contribution is -2.08. The van der Waals surface area contributed by atoms with Gasteiger partial charge < -0.3 is 14.3 Å². The fourth-order valence-electron chi connectivity index (χ4n) is 2.22. The number of fused-ring (bicyclic) bond motifs is 1. The lowest BCUT2D eigenvalue weighted by atomic mass is 10.2. The molecular weight excluding hydrogens is 268 g/mol. The number of para-hydroxylation sites is 2. The van der Waals surface area contributed by atoms with E-state index < -0.39 is 0 Å². The van der Waals surface area contributed by atoms with Crippen molar-refractivity contribution in [2.75, 3.05) is 6.61 Å². The molecule has 0 saturated heterocycles. The highest BCUT2D eigenvalue weighted by Crippen LogP contribution is 2.14. The normalized spacial score (nSPS) is 10.8. The van der Waals surface area contributed by atoms with Gasteiger partial charge in [0.15, 0.2) is 4.77 Å². The lowest BCUT2D eigenvalue weighted by Gasteiger charge is -2.08. The number of nitrogens with zero attached hydrogens (tertiary/aromatic N) is 1. The van der Waals surface area contributed by atoms with Crippen molar-refractivity contribution < 1.29 is 4.74 Å². The van der Waals surface area contributed by atoms with E-state index >= 15 is 0 Å². The Morgan fingerprint density at radius 2 is 1.85 bits per heavy atom. The van der Waals surface area contributed by atoms with Crippen LogP contribution in [0.25, 0.3) is 11.0 Å². The van der Waals surface area contributed by atoms with Crippen molar-refractivity contribution in [2.45, 2.75) is 13.5 Å². The van der Waals surface area contributed by atoms with Gasteiger partial charge in [-0.05, 0) is 43.4 Å². The molecule has 0 fully saturated rings. The van der Waals surface area contributed by atoms with Gasteiger partial charge in [-0.3, -0.25) is 0 Å². The van der Waals surface area contributed by atoms with Crippen LogP contribution in [-0.4, -0.2) is 16.2 Å². The van der Waals surface area contributed by atoms with Crippen LogP contribution in [0.1, 0.15) is 5.56 Å². The summed E-state index contributed by atoms with van der Waals surface area (Å²) < 4.78 is 8.56. The van der Waals surface area contributed by atoms with E-state index in [4.69, 9.17) is 17.0 Å². The van der Waals surface area contributed by atoms with Gasteiger partial charge in [-0.25, -0.2) is 0 Å². The predicted octanol–water partition coefficient (Wildman–Crippen LogP) is 4.09. The van der Waals surface area contributed by atoms with Crippen LogP contribution in [0.3, 0.4) is 0 Å². The van der Waals surface area contributed by atoms with Crippen LogP contribution in [0.15, 0.2) is 48.5 Å². The summed E-state index contributed by atoms with van der Waals surface area (Å²) in [5.74, 6) is 0.891. The quantitative estimate of drug-likeness (QED) is 0.731. The Morgan fingerprint density at radius 3 is 2.65 bits per heavy atom. The SMILES string of the molecule is Cc1ccc(OCCn2c(=S)[nH]c3ccccc32)cc1. The summed E-state index contributed by atoms with van der Waals surface area (Å²) >= 11 is 5.35. The summed E-state index contributed by atoms with van der Waals surface area (Å²) in [5, 5.41) is 0. The molecule has 0 aliphatic heterocycles. The third-order valence-corrected chi connectivity index (χ3v) is 3.61. The van der Waals surface area contributed by atoms with E-state index in [0.717, 1.165) is 28.1 Å². The number of imidazole rings is 1. The van der Waals surface area contributed by atoms with E-state index in [2.05, 4.69) is 22.5 Å². The third-order valence-electron chi connectivity index (χ3n) is 3.29. The molecule has 102 valence electrons. The number of ether oxygens (including phenoxy) is 1. The number of rotatable bonds is 4. The lowest BCUT2D eigenvalue weighted by molar-refractivity contribution is 0.299. The Morgan fingerprint density at radius 1 is 1.10 bits per heavy atom. The van der Waals surface area contributed by atoms with Crippen LogP contribution in [0.2, 0.25) is 0 Å². The molecule has 0 radical (unpaired) electrons. The van der Waals surface area contributed by atoms with E-state index in [1.807, 2.05) is 42.5 Å². The van der Waals surface area contributed by atoms with Gasteiger partial charge in [0.2, 0.25) is 0 Å². The molecule has 2 aromatic carbocycles. The molecule has 1 aromatic heterocycles. The molecule has 1 heterocycles. The summed E-state index contributed by atoms with van der Waals surface area (Å²) in [5.41, 5.74) is 3.41. The maximum atomic E-state index is 5.76. The number of H-pyrrole nitrogens is 1. The van der Waals surface area contributed by atoms with Crippen LogP contribution in [0, 0.1) is 11.7 Å². The van der Waals surface area contributed by atoms with Gasteiger partial charge in [0.25, 0.3) is 0 Å². The Bertz CT molecular complexity index is 771. The highest BCUT2D eigenvalue weighted by Gasteiger charge is 2.03. The fourth-order valence-corrected chi connectivity index (χ4v) is 2.52. The van der Waals surface area contributed by atoms with Crippen LogP contribution in [0.5, 0.6) is 5.75 Å². The topological polar surface area (TPSA) is 29.9 Å². The van der Waals surface area contributed by atoms with Crippen molar-refractivity contribution in [2.24, 2.45) is 0 Å². The zero-order valence-electron chi connectivity index (χ0n) is 11.3. The fraction of sp³-hybridized carbons (Fsp3) is 0.188. The largest absolute Gasteiger partial charge is 0.492 e. The third kappa shape index (κ3) is 2.60. The smallest absolute Gasteiger partial charge is 0.178 e. The summed E-state index contributed by atoms with van der Waals surface area (Å²) in [4.78, 5) is 3.21. The number of aryl methyl sites for hydroxylation is 1. The molecule has 0 unspecified atom stereocenters. The van der Waals surface area contributed by atoms with Gasteiger partial charge in [0, 0.05) is 0 Å². The summed E-state index contributed by atoms with van der Waals surface area (Å²) in [6.45, 7) is 3.39. The van der Waals surface area contributed by atoms with Crippen molar-refractivity contribution in [1.29, 1.82) is 0 Å². The molecule has 4 heteroatoms. The molecule has 3 rings (SSSR count). The van der Waals surface area contributed by atoms with Gasteiger partial charge in [0.05, 0.1) is 17.6 Å². The van der Waals surface area contributed by atoms with Crippen molar-refractivity contribution in [1.82, 2.24) is 9.55 Å². The van der Waals surface area contributed by atoms with Gasteiger partial charge >= 0.3 is 0 Å². The van der Waals surface area contributed by atoms with Gasteiger partial charge in [-0.1, -0.05) is 29.8 Å². The first kappa shape index (κ1) is 12.9. The van der Waals surface area contributed by atoms with Crippen molar-refractivity contribution in [3.8, 4) is 5.75 Å². The van der Waals surface area contributed by atoms with Gasteiger partial charge in [0.1, 0.15) is 12.4 Å². The first-order chi connectivity index (χ1) is 9.74. The second-order valence-corrected chi connectivity index (χ2v) is 5.15. The average Bonchev–Trinajstić information content (AvgIpc) is 2.77. The highest BCUT2D eigenvalue weighted by molar-refractivity contribution is 7.71. The molecule has 0 bridgehead atoms. The molecule has 0 saturated carbocycles. The highest BCUT2D eigenvalue weighted by atomic mass is 32.1. The summed E-state index contributed by atoms with van der Waals surface area (Å²) in [6, 6.07) is 16.2. The number of hydrogen-bond acceptors (Lipinski definition) is 2. The molecule has 0 amide bonds. The maximum Gasteiger partial charge on any atom is 0.178 e. The molecule has 0 aliphatic rings. The van der Waals surface area contributed by atoms with E-state index in [1.54, 1.807) is 0 Å². The minimum absolute atomic E-state index is 0.596. The Kier molecular flexibility index (Phi) is 3.56. The van der Waals surface area contributed by atoms with Crippen LogP contribution < -0.4 is 4.74 Å². The summed E-state index contributed by atoms with van der Waals surface area (Å²) in [7, 11) is 0. The minimum Gasteiger partial charge on any atom is -0.492 e. The summed E-state index contributed by atoms with van der Waals surface area (Å²) in [6.07, 6.45) is 0. The molecule has 1 N–H and O–H groups in total.